The summed E-state index contributed by atoms with van der Waals surface area (Å²) >= 11 is 0. The van der Waals surface area contributed by atoms with Crippen molar-refractivity contribution in [2.75, 3.05) is 18.4 Å². The third kappa shape index (κ3) is 5.10. The Labute approximate surface area is 164 Å². The molecule has 0 saturated heterocycles. The second-order valence-corrected chi connectivity index (χ2v) is 7.19. The fraction of sp³-hybridized carbons (Fsp3) is 0.450. The number of hydrogen-bond acceptors (Lipinski definition) is 4. The first-order valence-corrected chi connectivity index (χ1v) is 9.56. The summed E-state index contributed by atoms with van der Waals surface area (Å²) in [5.74, 6) is -0.172. The molecule has 0 atom stereocenters. The number of carboxylic acid groups (broad SMARTS) is 1. The van der Waals surface area contributed by atoms with Gasteiger partial charge in [0.15, 0.2) is 0 Å². The van der Waals surface area contributed by atoms with Gasteiger partial charge in [0, 0.05) is 18.2 Å². The third-order valence-electron chi connectivity index (χ3n) is 5.03. The lowest BCUT2D eigenvalue weighted by Crippen LogP contribution is -2.55. The van der Waals surface area contributed by atoms with E-state index in [0.717, 1.165) is 24.1 Å². The Hall–Kier alpha value is -2.87. The molecule has 1 aromatic heterocycles. The molecule has 0 radical (unpaired) electrons. The van der Waals surface area contributed by atoms with Gasteiger partial charge in [0.05, 0.1) is 18.8 Å². The van der Waals surface area contributed by atoms with Crippen LogP contribution in [0.3, 0.4) is 0 Å². The van der Waals surface area contributed by atoms with E-state index in [1.807, 2.05) is 55.1 Å². The molecule has 2 amide bonds. The molecule has 0 aliphatic heterocycles. The maximum Gasteiger partial charge on any atom is 0.320 e. The zero-order valence-corrected chi connectivity index (χ0v) is 16.3. The van der Waals surface area contributed by atoms with E-state index < -0.39 is 5.97 Å². The highest BCUT2D eigenvalue weighted by atomic mass is 16.4. The van der Waals surface area contributed by atoms with Crippen LogP contribution in [-0.4, -0.2) is 57.0 Å². The minimum absolute atomic E-state index is 0.0397. The Balaban J connectivity index is 1.52. The van der Waals surface area contributed by atoms with E-state index in [2.05, 4.69) is 15.7 Å². The highest BCUT2D eigenvalue weighted by Gasteiger charge is 2.34. The highest BCUT2D eigenvalue weighted by molar-refractivity contribution is 5.88. The molecule has 8 nitrogen and oxygen atoms in total. The van der Waals surface area contributed by atoms with Crippen LogP contribution in [0.4, 0.5) is 10.6 Å². The number of rotatable bonds is 8. The van der Waals surface area contributed by atoms with Gasteiger partial charge in [0.2, 0.25) is 0 Å². The molecule has 0 unspecified atom stereocenters. The van der Waals surface area contributed by atoms with Crippen LogP contribution < -0.4 is 10.6 Å². The summed E-state index contributed by atoms with van der Waals surface area (Å²) in [4.78, 5) is 25.2. The summed E-state index contributed by atoms with van der Waals surface area (Å²) in [5.41, 5.74) is 1.94. The molecular formula is C20H27N5O3. The molecule has 1 saturated carbocycles. The Morgan fingerprint density at radius 3 is 2.64 bits per heavy atom. The number of amides is 2. The first kappa shape index (κ1) is 19.9. The fourth-order valence-corrected chi connectivity index (χ4v) is 3.54. The zero-order chi connectivity index (χ0) is 20.1. The molecule has 2 aromatic rings. The van der Waals surface area contributed by atoms with E-state index in [1.54, 1.807) is 4.68 Å². The van der Waals surface area contributed by atoms with Gasteiger partial charge in [-0.2, -0.15) is 5.10 Å². The van der Waals surface area contributed by atoms with Crippen molar-refractivity contribution in [1.82, 2.24) is 20.0 Å². The van der Waals surface area contributed by atoms with Crippen LogP contribution in [0.15, 0.2) is 36.4 Å². The van der Waals surface area contributed by atoms with Gasteiger partial charge in [-0.3, -0.25) is 15.0 Å². The quantitative estimate of drug-likeness (QED) is 0.647. The van der Waals surface area contributed by atoms with E-state index in [0.29, 0.717) is 18.9 Å². The summed E-state index contributed by atoms with van der Waals surface area (Å²) < 4.78 is 1.78. The molecule has 3 N–H and O–H groups in total. The third-order valence-corrected chi connectivity index (χ3v) is 5.03. The van der Waals surface area contributed by atoms with Gasteiger partial charge in [-0.05, 0) is 31.9 Å². The van der Waals surface area contributed by atoms with Crippen LogP contribution >= 0.6 is 0 Å². The normalized spacial score (nSPS) is 18.5. The number of aliphatic carboxylic acids is 1. The molecule has 1 fully saturated rings. The molecule has 28 heavy (non-hydrogen) atoms. The van der Waals surface area contributed by atoms with Crippen molar-refractivity contribution in [3.8, 4) is 0 Å². The number of nitrogens with zero attached hydrogens (tertiary/aromatic N) is 3. The molecule has 0 bridgehead atoms. The number of carbonyl (C=O) groups excluding carboxylic acids is 1. The SMILES string of the molecule is CCN(CC(=O)O)C1CC(NC(=O)Nc2cc(C)nn2Cc2ccccc2)C1. The maximum atomic E-state index is 12.4. The van der Waals surface area contributed by atoms with E-state index in [1.165, 1.54) is 0 Å². The Morgan fingerprint density at radius 2 is 2.00 bits per heavy atom. The standard InChI is InChI=1S/C20H27N5O3/c1-3-24(13-19(26)27)17-10-16(11-17)21-20(28)22-18-9-14(2)23-25(18)12-15-7-5-4-6-8-15/h4-9,16-17H,3,10-13H2,1-2H3,(H,26,27)(H2,21,22,28). The molecule has 1 aliphatic carbocycles. The lowest BCUT2D eigenvalue weighted by atomic mass is 9.85. The number of likely N-dealkylation sites (N-methyl/N-ethyl adjacent to an activating group) is 1. The number of carbonyl (C=O) groups is 2. The molecule has 8 heteroatoms. The van der Waals surface area contributed by atoms with Crippen molar-refractivity contribution < 1.29 is 14.7 Å². The van der Waals surface area contributed by atoms with Gasteiger partial charge < -0.3 is 10.4 Å². The predicted molar refractivity (Wildman–Crippen MR) is 106 cm³/mol. The summed E-state index contributed by atoms with van der Waals surface area (Å²) in [6.45, 7) is 5.15. The van der Waals surface area contributed by atoms with Gasteiger partial charge in [-0.1, -0.05) is 37.3 Å². The van der Waals surface area contributed by atoms with Crippen molar-refractivity contribution in [1.29, 1.82) is 0 Å². The van der Waals surface area contributed by atoms with Crippen molar-refractivity contribution in [3.63, 3.8) is 0 Å². The number of aromatic nitrogens is 2. The number of urea groups is 1. The highest BCUT2D eigenvalue weighted by Crippen LogP contribution is 2.25. The van der Waals surface area contributed by atoms with Crippen LogP contribution in [0.2, 0.25) is 0 Å². The summed E-state index contributed by atoms with van der Waals surface area (Å²) in [6.07, 6.45) is 1.52. The van der Waals surface area contributed by atoms with Gasteiger partial charge in [-0.25, -0.2) is 9.48 Å². The number of aryl methyl sites for hydroxylation is 1. The number of nitrogens with one attached hydrogen (secondary N) is 2. The molecular weight excluding hydrogens is 358 g/mol. The minimum atomic E-state index is -0.821. The average molecular weight is 385 g/mol. The fourth-order valence-electron chi connectivity index (χ4n) is 3.54. The monoisotopic (exact) mass is 385 g/mol. The lowest BCUT2D eigenvalue weighted by molar-refractivity contribution is -0.139. The number of benzene rings is 1. The van der Waals surface area contributed by atoms with Crippen molar-refractivity contribution in [2.45, 2.75) is 45.3 Å². The van der Waals surface area contributed by atoms with Crippen LogP contribution in [0, 0.1) is 6.92 Å². The molecule has 3 rings (SSSR count). The van der Waals surface area contributed by atoms with Gasteiger partial charge >= 0.3 is 12.0 Å². The molecule has 150 valence electrons. The summed E-state index contributed by atoms with van der Waals surface area (Å²) in [5, 5.41) is 19.3. The van der Waals surface area contributed by atoms with Crippen LogP contribution in [0.25, 0.3) is 0 Å². The first-order valence-electron chi connectivity index (χ1n) is 9.56. The van der Waals surface area contributed by atoms with Crippen molar-refractivity contribution in [3.05, 3.63) is 47.7 Å². The van der Waals surface area contributed by atoms with Gasteiger partial charge in [0.25, 0.3) is 0 Å². The van der Waals surface area contributed by atoms with Crippen LogP contribution in [0.5, 0.6) is 0 Å². The van der Waals surface area contributed by atoms with E-state index >= 15 is 0 Å². The predicted octanol–water partition coefficient (Wildman–Crippen LogP) is 2.30. The number of carboxylic acids is 1. The summed E-state index contributed by atoms with van der Waals surface area (Å²) in [6, 6.07) is 11.8. The topological polar surface area (TPSA) is 99.5 Å². The lowest BCUT2D eigenvalue weighted by Gasteiger charge is -2.42. The minimum Gasteiger partial charge on any atom is -0.480 e. The Kier molecular flexibility index (Phi) is 6.30. The first-order chi connectivity index (χ1) is 13.4. The Bertz CT molecular complexity index is 815. The average Bonchev–Trinajstić information content (AvgIpc) is 2.95. The van der Waals surface area contributed by atoms with E-state index in [-0.39, 0.29) is 24.7 Å². The van der Waals surface area contributed by atoms with E-state index in [4.69, 9.17) is 5.11 Å². The molecule has 1 aromatic carbocycles. The van der Waals surface area contributed by atoms with Gasteiger partial charge in [-0.15, -0.1) is 0 Å². The largest absolute Gasteiger partial charge is 0.480 e. The van der Waals surface area contributed by atoms with Gasteiger partial charge in [0.1, 0.15) is 5.82 Å². The molecule has 0 spiro atoms. The van der Waals surface area contributed by atoms with Crippen molar-refractivity contribution in [2.24, 2.45) is 0 Å². The second kappa shape index (κ2) is 8.88. The Morgan fingerprint density at radius 1 is 1.29 bits per heavy atom. The molecule has 1 heterocycles. The number of anilines is 1. The van der Waals surface area contributed by atoms with E-state index in [9.17, 15) is 9.59 Å². The maximum absolute atomic E-state index is 12.4. The molecule has 1 aliphatic rings. The summed E-state index contributed by atoms with van der Waals surface area (Å²) in [7, 11) is 0. The van der Waals surface area contributed by atoms with Crippen LogP contribution in [-0.2, 0) is 11.3 Å². The number of hydrogen-bond donors (Lipinski definition) is 3. The van der Waals surface area contributed by atoms with Crippen molar-refractivity contribution >= 4 is 17.8 Å². The second-order valence-electron chi connectivity index (χ2n) is 7.19. The smallest absolute Gasteiger partial charge is 0.320 e. The van der Waals surface area contributed by atoms with Crippen LogP contribution in [0.1, 0.15) is 31.0 Å². The zero-order valence-electron chi connectivity index (χ0n) is 16.3.